The minimum absolute atomic E-state index is 0.163. The summed E-state index contributed by atoms with van der Waals surface area (Å²) in [6, 6.07) is 17.5. The molecule has 1 fully saturated rings. The molecule has 0 atom stereocenters. The fraction of sp³-hybridized carbons (Fsp3) is 0.240. The summed E-state index contributed by atoms with van der Waals surface area (Å²) in [6.45, 7) is 2.60. The summed E-state index contributed by atoms with van der Waals surface area (Å²) in [6.07, 6.45) is 0. The van der Waals surface area contributed by atoms with Crippen molar-refractivity contribution in [2.24, 2.45) is 0 Å². The first kappa shape index (κ1) is 23.5. The van der Waals surface area contributed by atoms with Gasteiger partial charge in [0.1, 0.15) is 11.6 Å². The second-order valence-corrected chi connectivity index (χ2v) is 8.77. The Morgan fingerprint density at radius 2 is 1.39 bits per heavy atom. The normalized spacial score (nSPS) is 14.5. The largest absolute Gasteiger partial charge is 0.334 e. The van der Waals surface area contributed by atoms with Crippen LogP contribution in [-0.4, -0.2) is 42.0 Å². The van der Waals surface area contributed by atoms with E-state index in [-0.39, 0.29) is 23.7 Å². The van der Waals surface area contributed by atoms with E-state index in [0.717, 1.165) is 16.7 Å². The average Bonchev–Trinajstić information content (AvgIpc) is 2.81. The minimum atomic E-state index is -0.307. The molecular weight excluding hydrogens is 467 g/mol. The molecule has 0 saturated carbocycles. The lowest BCUT2D eigenvalue weighted by Crippen LogP contribution is -2.52. The van der Waals surface area contributed by atoms with Crippen LogP contribution in [0.5, 0.6) is 0 Å². The molecule has 1 saturated heterocycles. The Morgan fingerprint density at radius 3 is 1.91 bits per heavy atom. The van der Waals surface area contributed by atoms with Crippen molar-refractivity contribution >= 4 is 29.2 Å². The molecule has 0 radical (unpaired) electrons. The number of nitrogens with one attached hydrogen (secondary N) is 1. The van der Waals surface area contributed by atoms with Crippen LogP contribution in [0.15, 0.2) is 66.7 Å². The van der Waals surface area contributed by atoms with Gasteiger partial charge in [0.25, 0.3) is 0 Å². The standard InChI is InChI=1S/C25H23Cl2F2N3O/c26-20-6-1-19(23(27)15-20)16-30-25(33)32-13-11-31(12-14-32)24(17-2-7-21(28)8-3-17)18-4-9-22(29)10-5-18/h1-10,15,24H,11-14,16H2,(H,30,33). The molecule has 0 bridgehead atoms. The van der Waals surface area contributed by atoms with Crippen LogP contribution < -0.4 is 5.32 Å². The van der Waals surface area contributed by atoms with Gasteiger partial charge in [-0.1, -0.05) is 53.5 Å². The molecule has 172 valence electrons. The summed E-state index contributed by atoms with van der Waals surface area (Å²) in [5.74, 6) is -0.613. The van der Waals surface area contributed by atoms with E-state index in [9.17, 15) is 13.6 Å². The van der Waals surface area contributed by atoms with Crippen molar-refractivity contribution < 1.29 is 13.6 Å². The fourth-order valence-electron chi connectivity index (χ4n) is 4.04. The van der Waals surface area contributed by atoms with Gasteiger partial charge in [-0.15, -0.1) is 0 Å². The van der Waals surface area contributed by atoms with E-state index < -0.39 is 0 Å². The molecule has 1 N–H and O–H groups in total. The molecular formula is C25H23Cl2F2N3O. The number of halogens is 4. The molecule has 0 aliphatic carbocycles. The smallest absolute Gasteiger partial charge is 0.317 e. The van der Waals surface area contributed by atoms with Gasteiger partial charge >= 0.3 is 6.03 Å². The van der Waals surface area contributed by atoms with Gasteiger partial charge in [0.15, 0.2) is 0 Å². The number of nitrogens with zero attached hydrogens (tertiary/aromatic N) is 2. The molecule has 0 aromatic heterocycles. The SMILES string of the molecule is O=C(NCc1ccc(Cl)cc1Cl)N1CCN(C(c2ccc(F)cc2)c2ccc(F)cc2)CC1. The summed E-state index contributed by atoms with van der Waals surface area (Å²) in [4.78, 5) is 16.7. The van der Waals surface area contributed by atoms with E-state index in [2.05, 4.69) is 10.2 Å². The number of amides is 2. The lowest BCUT2D eigenvalue weighted by Gasteiger charge is -2.39. The first-order valence-corrected chi connectivity index (χ1v) is 11.4. The Morgan fingerprint density at radius 1 is 0.848 bits per heavy atom. The van der Waals surface area contributed by atoms with Crippen molar-refractivity contribution in [3.05, 3.63) is 105 Å². The maximum Gasteiger partial charge on any atom is 0.317 e. The highest BCUT2D eigenvalue weighted by molar-refractivity contribution is 6.35. The van der Waals surface area contributed by atoms with Gasteiger partial charge in [0, 0.05) is 42.8 Å². The van der Waals surface area contributed by atoms with Gasteiger partial charge in [-0.2, -0.15) is 0 Å². The Kier molecular flexibility index (Phi) is 7.48. The van der Waals surface area contributed by atoms with Crippen LogP contribution in [0.2, 0.25) is 10.0 Å². The van der Waals surface area contributed by atoms with Crippen molar-refractivity contribution in [2.45, 2.75) is 12.6 Å². The van der Waals surface area contributed by atoms with Crippen molar-refractivity contribution in [3.63, 3.8) is 0 Å². The Bertz CT molecular complexity index is 1060. The van der Waals surface area contributed by atoms with E-state index in [4.69, 9.17) is 23.2 Å². The number of hydrogen-bond donors (Lipinski definition) is 1. The second kappa shape index (κ2) is 10.5. The van der Waals surface area contributed by atoms with Crippen molar-refractivity contribution in [2.75, 3.05) is 26.2 Å². The predicted octanol–water partition coefficient (Wildman–Crippen LogP) is 5.89. The topological polar surface area (TPSA) is 35.6 Å². The Balaban J connectivity index is 1.42. The fourth-order valence-corrected chi connectivity index (χ4v) is 4.51. The molecule has 4 rings (SSSR count). The first-order chi connectivity index (χ1) is 15.9. The summed E-state index contributed by atoms with van der Waals surface area (Å²) in [5.41, 5.74) is 2.62. The quantitative estimate of drug-likeness (QED) is 0.484. The molecule has 3 aromatic rings. The van der Waals surface area contributed by atoms with Crippen LogP contribution in [0.4, 0.5) is 13.6 Å². The molecule has 8 heteroatoms. The number of benzene rings is 3. The zero-order valence-corrected chi connectivity index (χ0v) is 19.3. The number of rotatable bonds is 5. The molecule has 0 spiro atoms. The number of carbonyl (C=O) groups excluding carboxylic acids is 1. The molecule has 1 aliphatic rings. The maximum atomic E-state index is 13.5. The number of urea groups is 1. The van der Waals surface area contributed by atoms with Crippen LogP contribution in [0.3, 0.4) is 0 Å². The van der Waals surface area contributed by atoms with E-state index in [1.165, 1.54) is 24.3 Å². The summed E-state index contributed by atoms with van der Waals surface area (Å²) in [7, 11) is 0. The number of piperazine rings is 1. The van der Waals surface area contributed by atoms with Crippen molar-refractivity contribution in [1.29, 1.82) is 0 Å². The van der Waals surface area contributed by atoms with Gasteiger partial charge in [-0.25, -0.2) is 13.6 Å². The van der Waals surface area contributed by atoms with Crippen molar-refractivity contribution in [1.82, 2.24) is 15.1 Å². The lowest BCUT2D eigenvalue weighted by atomic mass is 9.96. The van der Waals surface area contributed by atoms with E-state index in [1.807, 2.05) is 0 Å². The monoisotopic (exact) mass is 489 g/mol. The van der Waals surface area contributed by atoms with Crippen LogP contribution in [0.25, 0.3) is 0 Å². The minimum Gasteiger partial charge on any atom is -0.334 e. The van der Waals surface area contributed by atoms with E-state index in [0.29, 0.717) is 42.8 Å². The summed E-state index contributed by atoms with van der Waals surface area (Å²) in [5, 5.41) is 3.96. The zero-order valence-electron chi connectivity index (χ0n) is 17.8. The zero-order chi connectivity index (χ0) is 23.4. The summed E-state index contributed by atoms with van der Waals surface area (Å²) < 4.78 is 27.0. The molecule has 1 aliphatic heterocycles. The maximum absolute atomic E-state index is 13.5. The average molecular weight is 490 g/mol. The molecule has 33 heavy (non-hydrogen) atoms. The molecule has 1 heterocycles. The highest BCUT2D eigenvalue weighted by Crippen LogP contribution is 2.30. The number of hydrogen-bond acceptors (Lipinski definition) is 2. The van der Waals surface area contributed by atoms with Gasteiger partial charge in [0.2, 0.25) is 0 Å². The Hall–Kier alpha value is -2.67. The third kappa shape index (κ3) is 5.82. The number of carbonyl (C=O) groups is 1. The van der Waals surface area contributed by atoms with Gasteiger partial charge in [-0.3, -0.25) is 4.90 Å². The van der Waals surface area contributed by atoms with Crippen LogP contribution in [0, 0.1) is 11.6 Å². The third-order valence-corrected chi connectivity index (χ3v) is 6.37. The van der Waals surface area contributed by atoms with E-state index in [1.54, 1.807) is 47.4 Å². The molecule has 0 unspecified atom stereocenters. The van der Waals surface area contributed by atoms with Gasteiger partial charge in [0.05, 0.1) is 6.04 Å². The predicted molar refractivity (Wildman–Crippen MR) is 126 cm³/mol. The molecule has 3 aromatic carbocycles. The Labute approximate surface area is 201 Å². The van der Waals surface area contributed by atoms with E-state index >= 15 is 0 Å². The molecule has 4 nitrogen and oxygen atoms in total. The van der Waals surface area contributed by atoms with Crippen LogP contribution in [-0.2, 0) is 6.54 Å². The lowest BCUT2D eigenvalue weighted by molar-refractivity contribution is 0.120. The van der Waals surface area contributed by atoms with Crippen LogP contribution in [0.1, 0.15) is 22.7 Å². The first-order valence-electron chi connectivity index (χ1n) is 10.6. The highest BCUT2D eigenvalue weighted by atomic mass is 35.5. The summed E-state index contributed by atoms with van der Waals surface area (Å²) >= 11 is 12.1. The second-order valence-electron chi connectivity index (χ2n) is 7.92. The van der Waals surface area contributed by atoms with Crippen LogP contribution >= 0.6 is 23.2 Å². The third-order valence-electron chi connectivity index (χ3n) is 5.78. The van der Waals surface area contributed by atoms with Gasteiger partial charge < -0.3 is 10.2 Å². The van der Waals surface area contributed by atoms with Crippen molar-refractivity contribution in [3.8, 4) is 0 Å². The highest BCUT2D eigenvalue weighted by Gasteiger charge is 2.28. The van der Waals surface area contributed by atoms with Gasteiger partial charge in [-0.05, 0) is 53.1 Å². The molecule has 2 amide bonds.